The minimum absolute atomic E-state index is 0.156. The monoisotopic (exact) mass is 558 g/mol. The summed E-state index contributed by atoms with van der Waals surface area (Å²) < 4.78 is 10.5. The number of rotatable bonds is 10. The number of halogens is 1. The van der Waals surface area contributed by atoms with Gasteiger partial charge in [0.25, 0.3) is 5.69 Å². The molecule has 0 radical (unpaired) electrons. The number of hydrogen-bond acceptors (Lipinski definition) is 10. The normalized spacial score (nSPS) is 10.8. The summed E-state index contributed by atoms with van der Waals surface area (Å²) in [5.41, 5.74) is -0.163. The molecule has 0 aliphatic rings. The molecule has 13 nitrogen and oxygen atoms in total. The van der Waals surface area contributed by atoms with Crippen molar-refractivity contribution in [1.82, 2.24) is 0 Å². The molecular formula is C18H19IN6O7. The van der Waals surface area contributed by atoms with Gasteiger partial charge < -0.3 is 20.1 Å². The fourth-order valence-electron chi connectivity index (χ4n) is 2.55. The smallest absolute Gasteiger partial charge is 0.304 e. The molecule has 14 heteroatoms. The first-order chi connectivity index (χ1) is 15.2. The highest BCUT2D eigenvalue weighted by Crippen LogP contribution is 2.40. The molecule has 2 aromatic rings. The van der Waals surface area contributed by atoms with Crippen molar-refractivity contribution < 1.29 is 24.1 Å². The van der Waals surface area contributed by atoms with Crippen LogP contribution in [0.2, 0.25) is 0 Å². The topological polar surface area (TPSA) is 171 Å². The number of methoxy groups -OCH3 is 2. The average molecular weight is 558 g/mol. The Morgan fingerprint density at radius 2 is 1.81 bits per heavy atom. The molecule has 0 saturated carbocycles. The fraction of sp³-hybridized carbons (Fsp3) is 0.278. The standard InChI is InChI=1S/C18H19IN6O7/c1-10(26)21-13-8-15(20-4-5-31-2)17(32-3)9-14(13)22-23-18-12(19)6-11(24(27)28)7-16(18)25(29)30/h6-9,20H,4-5H2,1-3H3,(H,21,26). The lowest BCUT2D eigenvalue weighted by Crippen LogP contribution is -2.10. The first-order valence-corrected chi connectivity index (χ1v) is 10.0. The number of ether oxygens (including phenoxy) is 2. The lowest BCUT2D eigenvalue weighted by molar-refractivity contribution is -0.393. The Kier molecular flexibility index (Phi) is 8.77. The van der Waals surface area contributed by atoms with E-state index in [0.717, 1.165) is 12.1 Å². The van der Waals surface area contributed by atoms with Crippen molar-refractivity contribution in [3.63, 3.8) is 0 Å². The van der Waals surface area contributed by atoms with E-state index in [0.29, 0.717) is 24.6 Å². The molecule has 0 aliphatic heterocycles. The number of carbonyl (C=O) groups is 1. The van der Waals surface area contributed by atoms with Gasteiger partial charge in [-0.2, -0.15) is 0 Å². The molecule has 32 heavy (non-hydrogen) atoms. The lowest BCUT2D eigenvalue weighted by atomic mass is 10.2. The van der Waals surface area contributed by atoms with Gasteiger partial charge in [0.2, 0.25) is 5.91 Å². The highest BCUT2D eigenvalue weighted by Gasteiger charge is 2.23. The number of azo groups is 1. The zero-order valence-electron chi connectivity index (χ0n) is 17.2. The van der Waals surface area contributed by atoms with Crippen molar-refractivity contribution in [1.29, 1.82) is 0 Å². The summed E-state index contributed by atoms with van der Waals surface area (Å²) in [5, 5.41) is 36.2. The second-order valence-electron chi connectivity index (χ2n) is 6.18. The van der Waals surface area contributed by atoms with Gasteiger partial charge >= 0.3 is 5.69 Å². The molecule has 0 heterocycles. The third kappa shape index (κ3) is 6.30. The maximum atomic E-state index is 11.7. The van der Waals surface area contributed by atoms with Crippen molar-refractivity contribution in [2.24, 2.45) is 10.2 Å². The van der Waals surface area contributed by atoms with E-state index in [1.165, 1.54) is 20.1 Å². The largest absolute Gasteiger partial charge is 0.495 e. The van der Waals surface area contributed by atoms with Gasteiger partial charge in [0, 0.05) is 32.7 Å². The highest BCUT2D eigenvalue weighted by atomic mass is 127. The van der Waals surface area contributed by atoms with Gasteiger partial charge in [-0.05, 0) is 28.7 Å². The number of nitrogens with zero attached hydrogens (tertiary/aromatic N) is 4. The van der Waals surface area contributed by atoms with E-state index in [1.807, 2.05) is 0 Å². The number of anilines is 2. The summed E-state index contributed by atoms with van der Waals surface area (Å²) in [7, 11) is 3.00. The molecule has 2 rings (SSSR count). The van der Waals surface area contributed by atoms with Gasteiger partial charge in [0.15, 0.2) is 5.69 Å². The number of nitro groups is 2. The summed E-state index contributed by atoms with van der Waals surface area (Å²) in [5.74, 6) is 0.0161. The van der Waals surface area contributed by atoms with Crippen molar-refractivity contribution in [2.45, 2.75) is 6.92 Å². The molecule has 0 atom stereocenters. The van der Waals surface area contributed by atoms with E-state index in [9.17, 15) is 25.0 Å². The Balaban J connectivity index is 2.56. The van der Waals surface area contributed by atoms with Crippen LogP contribution in [0.5, 0.6) is 5.75 Å². The minimum Gasteiger partial charge on any atom is -0.495 e. The van der Waals surface area contributed by atoms with Crippen LogP contribution in [0.4, 0.5) is 34.1 Å². The number of benzene rings is 2. The van der Waals surface area contributed by atoms with Crippen LogP contribution in [0, 0.1) is 23.8 Å². The molecule has 0 aliphatic carbocycles. The quantitative estimate of drug-likeness (QED) is 0.141. The van der Waals surface area contributed by atoms with Crippen molar-refractivity contribution in [3.05, 3.63) is 48.1 Å². The summed E-state index contributed by atoms with van der Waals surface area (Å²) in [6.07, 6.45) is 0. The van der Waals surface area contributed by atoms with Gasteiger partial charge in [-0.1, -0.05) is 0 Å². The third-order valence-electron chi connectivity index (χ3n) is 3.94. The SMILES string of the molecule is COCCNc1cc(NC(C)=O)c(N=Nc2c(I)cc([N+](=O)[O-])cc2[N+](=O)[O-])cc1OC. The fourth-order valence-corrected chi connectivity index (χ4v) is 3.26. The Morgan fingerprint density at radius 3 is 2.38 bits per heavy atom. The summed E-state index contributed by atoms with van der Waals surface area (Å²) in [6.45, 7) is 2.22. The second kappa shape index (κ2) is 11.3. The van der Waals surface area contributed by atoms with Crippen LogP contribution >= 0.6 is 22.6 Å². The average Bonchev–Trinajstić information content (AvgIpc) is 2.72. The van der Waals surface area contributed by atoms with Gasteiger partial charge in [-0.25, -0.2) is 0 Å². The number of nitrogens with one attached hydrogen (secondary N) is 2. The molecular weight excluding hydrogens is 539 g/mol. The predicted molar refractivity (Wildman–Crippen MR) is 124 cm³/mol. The van der Waals surface area contributed by atoms with E-state index in [-0.39, 0.29) is 26.5 Å². The van der Waals surface area contributed by atoms with Gasteiger partial charge in [-0.15, -0.1) is 10.2 Å². The van der Waals surface area contributed by atoms with Crippen LogP contribution in [0.1, 0.15) is 6.92 Å². The van der Waals surface area contributed by atoms with E-state index >= 15 is 0 Å². The highest BCUT2D eigenvalue weighted by molar-refractivity contribution is 14.1. The Morgan fingerprint density at radius 1 is 1.09 bits per heavy atom. The van der Waals surface area contributed by atoms with Crippen molar-refractivity contribution in [2.75, 3.05) is 38.0 Å². The zero-order valence-corrected chi connectivity index (χ0v) is 19.4. The Hall–Kier alpha value is -3.40. The van der Waals surface area contributed by atoms with Crippen molar-refractivity contribution in [3.8, 4) is 5.75 Å². The molecule has 2 N–H and O–H groups in total. The van der Waals surface area contributed by atoms with Gasteiger partial charge in [0.1, 0.15) is 11.4 Å². The number of amides is 1. The molecule has 0 bridgehead atoms. The van der Waals surface area contributed by atoms with Crippen LogP contribution in [0.15, 0.2) is 34.5 Å². The number of hydrogen-bond donors (Lipinski definition) is 2. The van der Waals surface area contributed by atoms with Crippen LogP contribution < -0.4 is 15.4 Å². The van der Waals surface area contributed by atoms with E-state index in [4.69, 9.17) is 9.47 Å². The Bertz CT molecular complexity index is 1080. The molecule has 0 fully saturated rings. The van der Waals surface area contributed by atoms with Gasteiger partial charge in [0.05, 0.1) is 44.6 Å². The summed E-state index contributed by atoms with van der Waals surface area (Å²) in [4.78, 5) is 32.6. The van der Waals surface area contributed by atoms with Crippen LogP contribution in [0.3, 0.4) is 0 Å². The molecule has 0 unspecified atom stereocenters. The zero-order chi connectivity index (χ0) is 23.8. The van der Waals surface area contributed by atoms with Crippen LogP contribution in [-0.2, 0) is 9.53 Å². The number of carbonyl (C=O) groups excluding carboxylic acids is 1. The van der Waals surface area contributed by atoms with E-state index in [2.05, 4.69) is 20.9 Å². The summed E-state index contributed by atoms with van der Waals surface area (Å²) >= 11 is 1.71. The number of nitro benzene ring substituents is 2. The Labute approximate surface area is 195 Å². The van der Waals surface area contributed by atoms with E-state index in [1.54, 1.807) is 35.8 Å². The molecule has 2 aromatic carbocycles. The molecule has 0 saturated heterocycles. The maximum Gasteiger partial charge on any atom is 0.304 e. The molecule has 1 amide bonds. The first-order valence-electron chi connectivity index (χ1n) is 8.94. The van der Waals surface area contributed by atoms with E-state index < -0.39 is 21.2 Å². The van der Waals surface area contributed by atoms with Gasteiger partial charge in [-0.3, -0.25) is 25.0 Å². The van der Waals surface area contributed by atoms with Crippen LogP contribution in [0.25, 0.3) is 0 Å². The van der Waals surface area contributed by atoms with Crippen molar-refractivity contribution >= 4 is 62.6 Å². The first kappa shape index (κ1) is 24.9. The lowest BCUT2D eigenvalue weighted by Gasteiger charge is -2.15. The second-order valence-corrected chi connectivity index (χ2v) is 7.34. The third-order valence-corrected chi connectivity index (χ3v) is 4.77. The maximum absolute atomic E-state index is 11.7. The van der Waals surface area contributed by atoms with Crippen LogP contribution in [-0.4, -0.2) is 43.1 Å². The molecule has 170 valence electrons. The predicted octanol–water partition coefficient (Wildman–Crippen LogP) is 4.55. The molecule has 0 spiro atoms. The number of non-ortho nitro benzene ring substituents is 1. The summed E-state index contributed by atoms with van der Waals surface area (Å²) in [6, 6.07) is 5.04. The minimum atomic E-state index is -0.776. The molecule has 0 aromatic heterocycles.